The summed E-state index contributed by atoms with van der Waals surface area (Å²) in [5.74, 6) is 0.450. The largest absolute Gasteiger partial charge is 0.327 e. The van der Waals surface area contributed by atoms with Crippen molar-refractivity contribution in [1.29, 1.82) is 0 Å². The molecule has 3 heteroatoms. The van der Waals surface area contributed by atoms with Crippen molar-refractivity contribution < 1.29 is 4.39 Å². The Morgan fingerprint density at radius 2 is 2.19 bits per heavy atom. The zero-order chi connectivity index (χ0) is 11.5. The van der Waals surface area contributed by atoms with Gasteiger partial charge in [0.2, 0.25) is 0 Å². The van der Waals surface area contributed by atoms with Crippen molar-refractivity contribution in [2.45, 2.75) is 38.1 Å². The predicted octanol–water partition coefficient (Wildman–Crippen LogP) is 3.54. The molecular formula is C13H17ClFN. The number of halogens is 2. The first-order valence-electron chi connectivity index (χ1n) is 5.85. The molecular weight excluding hydrogens is 225 g/mol. The van der Waals surface area contributed by atoms with Crippen LogP contribution in [-0.2, 0) is 6.42 Å². The van der Waals surface area contributed by atoms with Gasteiger partial charge in [0, 0.05) is 6.04 Å². The average Bonchev–Trinajstić information content (AvgIpc) is 2.19. The molecule has 0 heterocycles. The van der Waals surface area contributed by atoms with E-state index in [0.717, 1.165) is 12.3 Å². The topological polar surface area (TPSA) is 26.0 Å². The van der Waals surface area contributed by atoms with E-state index in [9.17, 15) is 4.39 Å². The molecule has 2 rings (SSSR count). The third kappa shape index (κ3) is 2.74. The maximum atomic E-state index is 13.6. The van der Waals surface area contributed by atoms with Gasteiger partial charge in [-0.15, -0.1) is 0 Å². The average molecular weight is 242 g/mol. The van der Waals surface area contributed by atoms with Crippen LogP contribution in [0.5, 0.6) is 0 Å². The first-order chi connectivity index (χ1) is 7.66. The molecule has 1 nitrogen and oxygen atoms in total. The summed E-state index contributed by atoms with van der Waals surface area (Å²) >= 11 is 5.73. The second-order valence-corrected chi connectivity index (χ2v) is 5.12. The van der Waals surface area contributed by atoms with E-state index in [4.69, 9.17) is 17.3 Å². The van der Waals surface area contributed by atoms with Crippen LogP contribution in [0.1, 0.15) is 31.2 Å². The van der Waals surface area contributed by atoms with Crippen LogP contribution < -0.4 is 5.73 Å². The molecule has 1 fully saturated rings. The van der Waals surface area contributed by atoms with Gasteiger partial charge < -0.3 is 5.73 Å². The Balaban J connectivity index is 1.94. The van der Waals surface area contributed by atoms with E-state index in [0.29, 0.717) is 12.0 Å². The molecule has 0 spiro atoms. The molecule has 0 amide bonds. The van der Waals surface area contributed by atoms with E-state index in [1.165, 1.54) is 19.3 Å². The van der Waals surface area contributed by atoms with Crippen LogP contribution in [0, 0.1) is 11.7 Å². The molecule has 0 bridgehead atoms. The second kappa shape index (κ2) is 5.15. The maximum absolute atomic E-state index is 13.6. The van der Waals surface area contributed by atoms with Gasteiger partial charge in [-0.1, -0.05) is 43.0 Å². The van der Waals surface area contributed by atoms with Crippen molar-refractivity contribution in [3.05, 3.63) is 34.6 Å². The standard InChI is InChI=1S/C13H17ClFN/c14-12-6-2-5-10(13(12)15)8-11(16)7-9-3-1-4-9/h2,5-6,9,11H,1,3-4,7-8,16H2. The molecule has 1 aliphatic rings. The molecule has 0 radical (unpaired) electrons. The Morgan fingerprint density at radius 1 is 1.44 bits per heavy atom. The lowest BCUT2D eigenvalue weighted by molar-refractivity contribution is 0.275. The van der Waals surface area contributed by atoms with E-state index >= 15 is 0 Å². The van der Waals surface area contributed by atoms with Gasteiger partial charge in [0.25, 0.3) is 0 Å². The molecule has 0 aliphatic heterocycles. The molecule has 2 N–H and O–H groups in total. The minimum Gasteiger partial charge on any atom is -0.327 e. The highest BCUT2D eigenvalue weighted by Gasteiger charge is 2.21. The maximum Gasteiger partial charge on any atom is 0.145 e. The van der Waals surface area contributed by atoms with Crippen LogP contribution in [0.4, 0.5) is 4.39 Å². The molecule has 1 saturated carbocycles. The smallest absolute Gasteiger partial charge is 0.145 e. The fraction of sp³-hybridized carbons (Fsp3) is 0.538. The van der Waals surface area contributed by atoms with Crippen molar-refractivity contribution in [2.24, 2.45) is 11.7 Å². The van der Waals surface area contributed by atoms with Crippen LogP contribution in [0.25, 0.3) is 0 Å². The molecule has 0 aromatic heterocycles. The summed E-state index contributed by atoms with van der Waals surface area (Å²) < 4.78 is 13.6. The Kier molecular flexibility index (Phi) is 3.82. The summed E-state index contributed by atoms with van der Waals surface area (Å²) in [6, 6.07) is 5.16. The second-order valence-electron chi connectivity index (χ2n) is 4.71. The Hall–Kier alpha value is -0.600. The normalized spacial score (nSPS) is 18.2. The van der Waals surface area contributed by atoms with Gasteiger partial charge >= 0.3 is 0 Å². The van der Waals surface area contributed by atoms with E-state index in [2.05, 4.69) is 0 Å². The van der Waals surface area contributed by atoms with Crippen molar-refractivity contribution >= 4 is 11.6 Å². The Bertz CT molecular complexity index is 363. The van der Waals surface area contributed by atoms with Crippen molar-refractivity contribution in [1.82, 2.24) is 0 Å². The minimum absolute atomic E-state index is 0.0540. The minimum atomic E-state index is -0.312. The van der Waals surface area contributed by atoms with Crippen molar-refractivity contribution in [2.75, 3.05) is 0 Å². The summed E-state index contributed by atoms with van der Waals surface area (Å²) in [7, 11) is 0. The Labute approximate surface area is 101 Å². The van der Waals surface area contributed by atoms with Gasteiger partial charge in [-0.05, 0) is 30.4 Å². The van der Waals surface area contributed by atoms with Gasteiger partial charge in [-0.25, -0.2) is 4.39 Å². The van der Waals surface area contributed by atoms with Gasteiger partial charge in [0.1, 0.15) is 5.82 Å². The highest BCUT2D eigenvalue weighted by Crippen LogP contribution is 2.31. The number of hydrogen-bond donors (Lipinski definition) is 1. The molecule has 1 aromatic carbocycles. The van der Waals surface area contributed by atoms with E-state index in [-0.39, 0.29) is 16.9 Å². The Morgan fingerprint density at radius 3 is 2.81 bits per heavy atom. The SMILES string of the molecule is NC(Cc1cccc(Cl)c1F)CC1CCC1. The van der Waals surface area contributed by atoms with Gasteiger partial charge in [0.15, 0.2) is 0 Å². The van der Waals surface area contributed by atoms with Crippen LogP contribution in [0.3, 0.4) is 0 Å². The zero-order valence-corrected chi connectivity index (χ0v) is 10.0. The highest BCUT2D eigenvalue weighted by molar-refractivity contribution is 6.30. The fourth-order valence-electron chi connectivity index (χ4n) is 2.23. The summed E-state index contributed by atoms with van der Waals surface area (Å²) in [5, 5.41) is 0.188. The lowest BCUT2D eigenvalue weighted by Crippen LogP contribution is -2.28. The van der Waals surface area contributed by atoms with Crippen LogP contribution >= 0.6 is 11.6 Å². The van der Waals surface area contributed by atoms with Crippen molar-refractivity contribution in [3.63, 3.8) is 0 Å². The monoisotopic (exact) mass is 241 g/mol. The number of nitrogens with two attached hydrogens (primary N) is 1. The van der Waals surface area contributed by atoms with E-state index < -0.39 is 0 Å². The highest BCUT2D eigenvalue weighted by atomic mass is 35.5. The first kappa shape index (κ1) is 11.9. The summed E-state index contributed by atoms with van der Waals surface area (Å²) in [4.78, 5) is 0. The fourth-order valence-corrected chi connectivity index (χ4v) is 2.42. The molecule has 1 unspecified atom stereocenters. The third-order valence-corrected chi connectivity index (χ3v) is 3.67. The molecule has 88 valence electrons. The van der Waals surface area contributed by atoms with E-state index in [1.54, 1.807) is 18.2 Å². The molecule has 1 aromatic rings. The molecule has 0 saturated heterocycles. The third-order valence-electron chi connectivity index (χ3n) is 3.37. The quantitative estimate of drug-likeness (QED) is 0.857. The first-order valence-corrected chi connectivity index (χ1v) is 6.23. The summed E-state index contributed by atoms with van der Waals surface area (Å²) in [6.45, 7) is 0. The van der Waals surface area contributed by atoms with E-state index in [1.807, 2.05) is 0 Å². The molecule has 1 aliphatic carbocycles. The lowest BCUT2D eigenvalue weighted by atomic mass is 9.80. The van der Waals surface area contributed by atoms with Crippen LogP contribution in [-0.4, -0.2) is 6.04 Å². The number of benzene rings is 1. The van der Waals surface area contributed by atoms with Crippen molar-refractivity contribution in [3.8, 4) is 0 Å². The number of rotatable bonds is 4. The van der Waals surface area contributed by atoms with Gasteiger partial charge in [0.05, 0.1) is 5.02 Å². The predicted molar refractivity (Wildman–Crippen MR) is 65.0 cm³/mol. The molecule has 1 atom stereocenters. The number of hydrogen-bond acceptors (Lipinski definition) is 1. The summed E-state index contributed by atoms with van der Waals surface area (Å²) in [5.41, 5.74) is 6.66. The lowest BCUT2D eigenvalue weighted by Gasteiger charge is -2.28. The summed E-state index contributed by atoms with van der Waals surface area (Å²) in [6.07, 6.45) is 5.48. The van der Waals surface area contributed by atoms with Crippen LogP contribution in [0.15, 0.2) is 18.2 Å². The zero-order valence-electron chi connectivity index (χ0n) is 9.26. The molecule has 16 heavy (non-hydrogen) atoms. The van der Waals surface area contributed by atoms with Gasteiger partial charge in [-0.2, -0.15) is 0 Å². The van der Waals surface area contributed by atoms with Gasteiger partial charge in [-0.3, -0.25) is 0 Å². The van der Waals surface area contributed by atoms with Crippen LogP contribution in [0.2, 0.25) is 5.02 Å².